The minimum atomic E-state index is -1.14. The second kappa shape index (κ2) is 7.37. The summed E-state index contributed by atoms with van der Waals surface area (Å²) in [5.41, 5.74) is 0.204. The molecule has 0 aliphatic heterocycles. The molecule has 7 nitrogen and oxygen atoms in total. The summed E-state index contributed by atoms with van der Waals surface area (Å²) in [7, 11) is 1.22. The van der Waals surface area contributed by atoms with Gasteiger partial charge < -0.3 is 14.8 Å². The number of ether oxygens (including phenoxy) is 2. The molecule has 26 heavy (non-hydrogen) atoms. The molecule has 0 saturated heterocycles. The predicted molar refractivity (Wildman–Crippen MR) is 97.4 cm³/mol. The van der Waals surface area contributed by atoms with Gasteiger partial charge in [-0.15, -0.1) is 0 Å². The van der Waals surface area contributed by atoms with Crippen LogP contribution >= 0.6 is 11.6 Å². The van der Waals surface area contributed by atoms with Crippen molar-refractivity contribution < 1.29 is 23.9 Å². The summed E-state index contributed by atoms with van der Waals surface area (Å²) in [6.07, 6.45) is 0.716. The first-order valence-electron chi connectivity index (χ1n) is 7.92. The van der Waals surface area contributed by atoms with Gasteiger partial charge in [-0.1, -0.05) is 17.7 Å². The fourth-order valence-corrected chi connectivity index (χ4v) is 2.69. The zero-order valence-electron chi connectivity index (χ0n) is 15.3. The number of carbonyl (C=O) groups excluding carboxylic acids is 3. The first kappa shape index (κ1) is 19.8. The summed E-state index contributed by atoms with van der Waals surface area (Å²) in [5.74, 6) is -0.946. The Hall–Kier alpha value is -2.54. The van der Waals surface area contributed by atoms with Crippen LogP contribution < -0.4 is 5.32 Å². The summed E-state index contributed by atoms with van der Waals surface area (Å²) in [6.45, 7) is 6.52. The molecule has 0 spiro atoms. The number of methoxy groups -OCH3 is 1. The zero-order chi connectivity index (χ0) is 19.6. The van der Waals surface area contributed by atoms with E-state index in [4.69, 9.17) is 21.1 Å². The van der Waals surface area contributed by atoms with Crippen molar-refractivity contribution in [2.24, 2.45) is 0 Å². The molecule has 0 aliphatic carbocycles. The van der Waals surface area contributed by atoms with E-state index in [1.165, 1.54) is 24.8 Å². The van der Waals surface area contributed by atoms with Crippen molar-refractivity contribution in [1.29, 1.82) is 0 Å². The Morgan fingerprint density at radius 3 is 2.42 bits per heavy atom. The number of hydrogen-bond acceptors (Lipinski definition) is 5. The standard InChI is InChI=1S/C18H21ClN2O5/c1-10(22)21-9-13(12-7-6-11(19)8-14(12)21)15(16(23)25-5)20-17(24)26-18(2,3)4/h6-9,15H,1-5H3,(H,20,24). The van der Waals surface area contributed by atoms with E-state index < -0.39 is 23.7 Å². The average molecular weight is 381 g/mol. The average Bonchev–Trinajstić information content (AvgIpc) is 2.88. The van der Waals surface area contributed by atoms with Gasteiger partial charge in [-0.25, -0.2) is 9.59 Å². The molecule has 1 N–H and O–H groups in total. The van der Waals surface area contributed by atoms with Gasteiger partial charge in [-0.2, -0.15) is 0 Å². The molecule has 1 amide bonds. The van der Waals surface area contributed by atoms with E-state index in [2.05, 4.69) is 5.32 Å². The molecule has 0 radical (unpaired) electrons. The minimum absolute atomic E-state index is 0.260. The van der Waals surface area contributed by atoms with Crippen molar-refractivity contribution in [2.45, 2.75) is 39.3 Å². The van der Waals surface area contributed by atoms with E-state index in [9.17, 15) is 14.4 Å². The fraction of sp³-hybridized carbons (Fsp3) is 0.389. The van der Waals surface area contributed by atoms with Crippen LogP contribution in [0.15, 0.2) is 24.4 Å². The number of carbonyl (C=O) groups is 3. The van der Waals surface area contributed by atoms with Gasteiger partial charge in [0, 0.05) is 29.1 Å². The van der Waals surface area contributed by atoms with Crippen LogP contribution in [0.4, 0.5) is 4.79 Å². The van der Waals surface area contributed by atoms with Gasteiger partial charge in [-0.05, 0) is 32.9 Å². The largest absolute Gasteiger partial charge is 0.467 e. The molecule has 1 heterocycles. The molecule has 1 aromatic heterocycles. The Labute approximate surface area is 156 Å². The number of halogens is 1. The molecule has 1 unspecified atom stereocenters. The van der Waals surface area contributed by atoms with Crippen LogP contribution in [0.25, 0.3) is 10.9 Å². The molecule has 0 aliphatic rings. The first-order chi connectivity index (χ1) is 12.0. The van der Waals surface area contributed by atoms with Crippen LogP contribution in [0, 0.1) is 0 Å². The molecular formula is C18H21ClN2O5. The lowest BCUT2D eigenvalue weighted by Crippen LogP contribution is -2.38. The molecule has 2 rings (SSSR count). The van der Waals surface area contributed by atoms with Crippen LogP contribution in [0.1, 0.15) is 44.1 Å². The van der Waals surface area contributed by atoms with Gasteiger partial charge in [0.2, 0.25) is 5.91 Å². The molecular weight excluding hydrogens is 360 g/mol. The monoisotopic (exact) mass is 380 g/mol. The van der Waals surface area contributed by atoms with Gasteiger partial charge in [-0.3, -0.25) is 9.36 Å². The topological polar surface area (TPSA) is 86.6 Å². The van der Waals surface area contributed by atoms with Crippen molar-refractivity contribution in [1.82, 2.24) is 9.88 Å². The maximum atomic E-state index is 12.3. The lowest BCUT2D eigenvalue weighted by Gasteiger charge is -2.22. The highest BCUT2D eigenvalue weighted by Crippen LogP contribution is 2.30. The molecule has 140 valence electrons. The summed E-state index contributed by atoms with van der Waals surface area (Å²) in [4.78, 5) is 36.4. The Balaban J connectivity index is 2.53. The molecule has 0 saturated carbocycles. The molecule has 0 fully saturated rings. The highest BCUT2D eigenvalue weighted by atomic mass is 35.5. The van der Waals surface area contributed by atoms with Crippen molar-refractivity contribution in [3.8, 4) is 0 Å². The van der Waals surface area contributed by atoms with E-state index in [1.807, 2.05) is 0 Å². The van der Waals surface area contributed by atoms with Crippen LogP contribution in [0.3, 0.4) is 0 Å². The van der Waals surface area contributed by atoms with Crippen molar-refractivity contribution in [2.75, 3.05) is 7.11 Å². The smallest absolute Gasteiger partial charge is 0.408 e. The van der Waals surface area contributed by atoms with E-state index in [-0.39, 0.29) is 5.91 Å². The number of rotatable bonds is 3. The third-order valence-corrected chi connectivity index (χ3v) is 3.78. The Morgan fingerprint density at radius 2 is 1.88 bits per heavy atom. The molecule has 2 aromatic rings. The number of nitrogens with one attached hydrogen (secondary N) is 1. The Bertz CT molecular complexity index is 866. The van der Waals surface area contributed by atoms with Crippen molar-refractivity contribution in [3.05, 3.63) is 35.0 Å². The third-order valence-electron chi connectivity index (χ3n) is 3.55. The second-order valence-corrected chi connectivity index (χ2v) is 7.17. The number of alkyl carbamates (subject to hydrolysis) is 1. The zero-order valence-corrected chi connectivity index (χ0v) is 16.0. The lowest BCUT2D eigenvalue weighted by atomic mass is 10.1. The van der Waals surface area contributed by atoms with Crippen LogP contribution in [-0.4, -0.2) is 35.2 Å². The number of benzene rings is 1. The van der Waals surface area contributed by atoms with Crippen LogP contribution in [0.2, 0.25) is 5.02 Å². The van der Waals surface area contributed by atoms with E-state index in [1.54, 1.807) is 39.0 Å². The van der Waals surface area contributed by atoms with Gasteiger partial charge in [0.25, 0.3) is 0 Å². The maximum Gasteiger partial charge on any atom is 0.408 e. The number of amides is 1. The fourth-order valence-electron chi connectivity index (χ4n) is 2.52. The Morgan fingerprint density at radius 1 is 1.23 bits per heavy atom. The third kappa shape index (κ3) is 4.35. The molecule has 0 bridgehead atoms. The number of fused-ring (bicyclic) bond motifs is 1. The van der Waals surface area contributed by atoms with Crippen molar-refractivity contribution >= 4 is 40.5 Å². The number of hydrogen-bond donors (Lipinski definition) is 1. The van der Waals surface area contributed by atoms with Gasteiger partial charge in [0.05, 0.1) is 12.6 Å². The Kier molecular flexibility index (Phi) is 5.61. The highest BCUT2D eigenvalue weighted by molar-refractivity contribution is 6.31. The molecule has 1 atom stereocenters. The first-order valence-corrected chi connectivity index (χ1v) is 8.30. The highest BCUT2D eigenvalue weighted by Gasteiger charge is 2.30. The van der Waals surface area contributed by atoms with Crippen LogP contribution in [0.5, 0.6) is 0 Å². The number of esters is 1. The number of nitrogens with zero attached hydrogens (tertiary/aromatic N) is 1. The summed E-state index contributed by atoms with van der Waals surface area (Å²) in [5, 5.41) is 3.54. The summed E-state index contributed by atoms with van der Waals surface area (Å²) >= 11 is 6.02. The SMILES string of the molecule is COC(=O)C(NC(=O)OC(C)(C)C)c1cn(C(C)=O)c2cc(Cl)ccc12. The van der Waals surface area contributed by atoms with Crippen molar-refractivity contribution in [3.63, 3.8) is 0 Å². The lowest BCUT2D eigenvalue weighted by molar-refractivity contribution is -0.143. The predicted octanol–water partition coefficient (Wildman–Crippen LogP) is 3.69. The molecule has 8 heteroatoms. The quantitative estimate of drug-likeness (QED) is 0.820. The molecule has 1 aromatic carbocycles. The van der Waals surface area contributed by atoms with Crippen LogP contribution in [-0.2, 0) is 14.3 Å². The summed E-state index contributed by atoms with van der Waals surface area (Å²) < 4.78 is 11.4. The minimum Gasteiger partial charge on any atom is -0.467 e. The van der Waals surface area contributed by atoms with E-state index in [0.29, 0.717) is 21.5 Å². The second-order valence-electron chi connectivity index (χ2n) is 6.74. The van der Waals surface area contributed by atoms with Gasteiger partial charge in [0.1, 0.15) is 5.60 Å². The summed E-state index contributed by atoms with van der Waals surface area (Å²) in [6, 6.07) is 3.79. The number of aromatic nitrogens is 1. The maximum absolute atomic E-state index is 12.3. The van der Waals surface area contributed by atoms with Gasteiger partial charge in [0.15, 0.2) is 6.04 Å². The van der Waals surface area contributed by atoms with Gasteiger partial charge >= 0.3 is 12.1 Å². The van der Waals surface area contributed by atoms with E-state index >= 15 is 0 Å². The van der Waals surface area contributed by atoms with E-state index in [0.717, 1.165) is 0 Å². The normalized spacial score (nSPS) is 12.5.